The summed E-state index contributed by atoms with van der Waals surface area (Å²) in [7, 11) is 1.64. The van der Waals surface area contributed by atoms with Gasteiger partial charge in [-0.05, 0) is 30.7 Å². The van der Waals surface area contributed by atoms with Crippen LogP contribution in [0.5, 0.6) is 0 Å². The minimum Gasteiger partial charge on any atom is -0.383 e. The molecule has 1 atom stereocenters. The lowest BCUT2D eigenvalue weighted by atomic mass is 9.86. The van der Waals surface area contributed by atoms with Crippen LogP contribution in [0.3, 0.4) is 0 Å². The van der Waals surface area contributed by atoms with E-state index >= 15 is 0 Å². The molecule has 0 radical (unpaired) electrons. The van der Waals surface area contributed by atoms with E-state index in [-0.39, 0.29) is 17.4 Å². The Labute approximate surface area is 190 Å². The number of aromatic nitrogens is 3. The molecular weight excluding hydrogens is 408 g/mol. The van der Waals surface area contributed by atoms with Gasteiger partial charge < -0.3 is 10.1 Å². The van der Waals surface area contributed by atoms with Crippen molar-refractivity contribution in [2.45, 2.75) is 82.5 Å². The predicted molar refractivity (Wildman–Crippen MR) is 126 cm³/mol. The fourth-order valence-electron chi connectivity index (χ4n) is 4.10. The van der Waals surface area contributed by atoms with Gasteiger partial charge in [0.1, 0.15) is 0 Å². The first-order valence-corrected chi connectivity index (χ1v) is 12.2. The van der Waals surface area contributed by atoms with E-state index in [0.29, 0.717) is 18.4 Å². The van der Waals surface area contributed by atoms with Crippen LogP contribution in [0, 0.1) is 0 Å². The average molecular weight is 445 g/mol. The average Bonchev–Trinajstić information content (AvgIpc) is 3.16. The van der Waals surface area contributed by atoms with Crippen LogP contribution < -0.4 is 5.32 Å². The summed E-state index contributed by atoms with van der Waals surface area (Å²) < 4.78 is 7.38. The highest BCUT2D eigenvalue weighted by molar-refractivity contribution is 7.99. The lowest BCUT2D eigenvalue weighted by Gasteiger charge is -2.26. The molecule has 1 unspecified atom stereocenters. The molecule has 2 aromatic rings. The Morgan fingerprint density at radius 2 is 1.87 bits per heavy atom. The van der Waals surface area contributed by atoms with Crippen molar-refractivity contribution in [1.82, 2.24) is 20.1 Å². The number of hydrogen-bond acceptors (Lipinski definition) is 5. The second-order valence-electron chi connectivity index (χ2n) is 9.51. The number of carbonyl (C=O) groups is 1. The summed E-state index contributed by atoms with van der Waals surface area (Å²) in [6, 6.07) is 9.05. The maximum atomic E-state index is 12.4. The monoisotopic (exact) mass is 444 g/mol. The molecule has 0 bridgehead atoms. The molecule has 1 saturated carbocycles. The third-order valence-electron chi connectivity index (χ3n) is 5.77. The van der Waals surface area contributed by atoms with E-state index in [4.69, 9.17) is 4.74 Å². The van der Waals surface area contributed by atoms with Gasteiger partial charge in [-0.3, -0.25) is 9.36 Å². The molecule has 0 saturated heterocycles. The van der Waals surface area contributed by atoms with Gasteiger partial charge in [0, 0.05) is 24.8 Å². The van der Waals surface area contributed by atoms with Gasteiger partial charge in [-0.2, -0.15) is 0 Å². The quantitative estimate of drug-likeness (QED) is 0.581. The maximum Gasteiger partial charge on any atom is 0.230 e. The third kappa shape index (κ3) is 6.32. The number of ether oxygens (including phenoxy) is 1. The zero-order valence-electron chi connectivity index (χ0n) is 19.5. The van der Waals surface area contributed by atoms with Crippen LogP contribution in [-0.2, 0) is 14.9 Å². The highest BCUT2D eigenvalue weighted by Gasteiger charge is 2.25. The highest BCUT2D eigenvalue weighted by Crippen LogP contribution is 2.36. The van der Waals surface area contributed by atoms with Gasteiger partial charge in [-0.25, -0.2) is 0 Å². The standard InChI is InChI=1S/C24H36N4O2S/c1-17(15-30-5)25-21(29)16-31-23-27-26-22(28(23)20-9-7-6-8-10-20)18-11-13-19(14-12-18)24(2,3)4/h11-14,17,20H,6-10,15-16H2,1-5H3,(H,25,29). The topological polar surface area (TPSA) is 69.0 Å². The summed E-state index contributed by atoms with van der Waals surface area (Å²) in [5.41, 5.74) is 2.50. The van der Waals surface area contributed by atoms with Crippen molar-refractivity contribution in [2.24, 2.45) is 0 Å². The fraction of sp³-hybridized carbons (Fsp3) is 0.625. The maximum absolute atomic E-state index is 12.4. The second kappa shape index (κ2) is 10.6. The van der Waals surface area contributed by atoms with Crippen LogP contribution in [0.2, 0.25) is 0 Å². The molecule has 1 aromatic carbocycles. The number of methoxy groups -OCH3 is 1. The molecule has 7 heteroatoms. The molecule has 0 aliphatic heterocycles. The van der Waals surface area contributed by atoms with Crippen LogP contribution in [0.4, 0.5) is 0 Å². The fourth-order valence-corrected chi connectivity index (χ4v) is 4.91. The minimum absolute atomic E-state index is 0.00814. The SMILES string of the molecule is COCC(C)NC(=O)CSc1nnc(-c2ccc(C(C)(C)C)cc2)n1C1CCCCC1. The smallest absolute Gasteiger partial charge is 0.230 e. The van der Waals surface area contributed by atoms with Gasteiger partial charge in [0.2, 0.25) is 5.91 Å². The summed E-state index contributed by atoms with van der Waals surface area (Å²) in [5.74, 6) is 1.22. The van der Waals surface area contributed by atoms with Gasteiger partial charge in [-0.15, -0.1) is 10.2 Å². The van der Waals surface area contributed by atoms with Gasteiger partial charge in [0.25, 0.3) is 0 Å². The Bertz CT molecular complexity index is 851. The molecule has 6 nitrogen and oxygen atoms in total. The zero-order valence-corrected chi connectivity index (χ0v) is 20.3. The first-order valence-electron chi connectivity index (χ1n) is 11.3. The Balaban J connectivity index is 1.82. The van der Waals surface area contributed by atoms with Crippen molar-refractivity contribution < 1.29 is 9.53 Å². The van der Waals surface area contributed by atoms with Crippen LogP contribution >= 0.6 is 11.8 Å². The van der Waals surface area contributed by atoms with Gasteiger partial charge >= 0.3 is 0 Å². The van der Waals surface area contributed by atoms with Crippen molar-refractivity contribution in [3.63, 3.8) is 0 Å². The summed E-state index contributed by atoms with van der Waals surface area (Å²) >= 11 is 1.47. The van der Waals surface area contributed by atoms with E-state index in [1.807, 2.05) is 6.92 Å². The molecule has 1 aromatic heterocycles. The molecule has 31 heavy (non-hydrogen) atoms. The summed E-state index contributed by atoms with van der Waals surface area (Å²) in [6.45, 7) is 9.11. The number of nitrogens with zero attached hydrogens (tertiary/aromatic N) is 3. The largest absolute Gasteiger partial charge is 0.383 e. The van der Waals surface area contributed by atoms with Crippen molar-refractivity contribution in [3.8, 4) is 11.4 Å². The number of hydrogen-bond donors (Lipinski definition) is 1. The first-order chi connectivity index (χ1) is 14.8. The van der Waals surface area contributed by atoms with Crippen molar-refractivity contribution in [1.29, 1.82) is 0 Å². The van der Waals surface area contributed by atoms with Crippen molar-refractivity contribution in [3.05, 3.63) is 29.8 Å². The lowest BCUT2D eigenvalue weighted by molar-refractivity contribution is -0.119. The van der Waals surface area contributed by atoms with Crippen molar-refractivity contribution >= 4 is 17.7 Å². The number of carbonyl (C=O) groups excluding carboxylic acids is 1. The van der Waals surface area contributed by atoms with E-state index in [1.165, 1.54) is 36.6 Å². The third-order valence-corrected chi connectivity index (χ3v) is 6.71. The molecular formula is C24H36N4O2S. The molecule has 0 spiro atoms. The molecule has 1 amide bonds. The Kier molecular flexibility index (Phi) is 8.17. The molecule has 1 aliphatic rings. The van der Waals surface area contributed by atoms with Gasteiger partial charge in [0.15, 0.2) is 11.0 Å². The second-order valence-corrected chi connectivity index (χ2v) is 10.5. The number of benzene rings is 1. The first kappa shape index (κ1) is 23.8. The number of thioether (sulfide) groups is 1. The Morgan fingerprint density at radius 1 is 1.19 bits per heavy atom. The molecule has 170 valence electrons. The zero-order chi connectivity index (χ0) is 22.4. The van der Waals surface area contributed by atoms with E-state index in [9.17, 15) is 4.79 Å². The van der Waals surface area contributed by atoms with E-state index in [0.717, 1.165) is 29.4 Å². The van der Waals surface area contributed by atoms with Gasteiger partial charge in [0.05, 0.1) is 12.4 Å². The summed E-state index contributed by atoms with van der Waals surface area (Å²) in [4.78, 5) is 12.4. The number of rotatable bonds is 8. The van der Waals surface area contributed by atoms with Crippen LogP contribution in [0.1, 0.15) is 71.4 Å². The van der Waals surface area contributed by atoms with E-state index in [1.54, 1.807) is 7.11 Å². The Morgan fingerprint density at radius 3 is 2.48 bits per heavy atom. The molecule has 1 N–H and O–H groups in total. The Hall–Kier alpha value is -1.86. The van der Waals surface area contributed by atoms with Crippen LogP contribution in [0.15, 0.2) is 29.4 Å². The summed E-state index contributed by atoms with van der Waals surface area (Å²) in [6.07, 6.45) is 6.01. The van der Waals surface area contributed by atoms with E-state index in [2.05, 4.69) is 65.1 Å². The van der Waals surface area contributed by atoms with E-state index < -0.39 is 0 Å². The number of amides is 1. The normalized spacial score (nSPS) is 16.3. The molecule has 1 heterocycles. The predicted octanol–water partition coefficient (Wildman–Crippen LogP) is 4.99. The highest BCUT2D eigenvalue weighted by atomic mass is 32.2. The van der Waals surface area contributed by atoms with Gasteiger partial charge in [-0.1, -0.05) is 76.1 Å². The number of nitrogens with one attached hydrogen (secondary N) is 1. The summed E-state index contributed by atoms with van der Waals surface area (Å²) in [5, 5.41) is 12.9. The molecule has 1 aliphatic carbocycles. The van der Waals surface area contributed by atoms with Crippen LogP contribution in [-0.4, -0.2) is 46.2 Å². The van der Waals surface area contributed by atoms with Crippen molar-refractivity contribution in [2.75, 3.05) is 19.5 Å². The van der Waals surface area contributed by atoms with Crippen LogP contribution in [0.25, 0.3) is 11.4 Å². The molecule has 3 rings (SSSR count). The lowest BCUT2D eigenvalue weighted by Crippen LogP contribution is -2.36. The minimum atomic E-state index is -0.0103. The molecule has 1 fully saturated rings.